The molecule has 15 heavy (non-hydrogen) atoms. The summed E-state index contributed by atoms with van der Waals surface area (Å²) < 4.78 is 0. The van der Waals surface area contributed by atoms with Gasteiger partial charge in [-0.25, -0.2) is 0 Å². The fourth-order valence-corrected chi connectivity index (χ4v) is 1.22. The Kier molecular flexibility index (Phi) is 7.71. The number of allylic oxidation sites excluding steroid dienone is 7. The Morgan fingerprint density at radius 1 is 1.13 bits per heavy atom. The maximum absolute atomic E-state index is 3.83. The van der Waals surface area contributed by atoms with Gasteiger partial charge in [0.2, 0.25) is 0 Å². The maximum Gasteiger partial charge on any atom is -0.0138 e. The number of hydrogen-bond acceptors (Lipinski definition) is 0. The summed E-state index contributed by atoms with van der Waals surface area (Å²) in [6.45, 7) is 12.3. The van der Waals surface area contributed by atoms with Gasteiger partial charge in [-0.15, -0.1) is 0 Å². The monoisotopic (exact) mass is 204 g/mol. The average Bonchev–Trinajstić information content (AvgIpc) is 2.17. The van der Waals surface area contributed by atoms with Gasteiger partial charge in [0.1, 0.15) is 0 Å². The molecular formula is C15H24. The zero-order valence-electron chi connectivity index (χ0n) is 10.6. The van der Waals surface area contributed by atoms with Crippen molar-refractivity contribution in [1.29, 1.82) is 0 Å². The van der Waals surface area contributed by atoms with E-state index in [0.29, 0.717) is 0 Å². The van der Waals surface area contributed by atoms with Crippen LogP contribution in [0.5, 0.6) is 0 Å². The van der Waals surface area contributed by atoms with Crippen molar-refractivity contribution >= 4 is 0 Å². The van der Waals surface area contributed by atoms with Gasteiger partial charge in [0.25, 0.3) is 0 Å². The molecule has 0 N–H and O–H groups in total. The molecule has 0 heteroatoms. The largest absolute Gasteiger partial charge is 0.0961 e. The molecule has 0 atom stereocenters. The molecule has 0 nitrogen and oxygen atoms in total. The first-order valence-corrected chi connectivity index (χ1v) is 5.65. The molecule has 0 saturated carbocycles. The SMILES string of the molecule is C=C(C)/C=C/C/C(C)=C/CC/C(C)=C/C. The zero-order chi connectivity index (χ0) is 11.7. The summed E-state index contributed by atoms with van der Waals surface area (Å²) in [7, 11) is 0. The molecule has 0 spiro atoms. The topological polar surface area (TPSA) is 0 Å². The second-order valence-corrected chi connectivity index (χ2v) is 4.18. The van der Waals surface area contributed by atoms with Crippen LogP contribution in [-0.2, 0) is 0 Å². The molecular weight excluding hydrogens is 180 g/mol. The molecule has 0 radical (unpaired) electrons. The van der Waals surface area contributed by atoms with E-state index in [2.05, 4.69) is 51.7 Å². The van der Waals surface area contributed by atoms with E-state index in [0.717, 1.165) is 18.4 Å². The highest BCUT2D eigenvalue weighted by Gasteiger charge is 1.88. The van der Waals surface area contributed by atoms with Gasteiger partial charge < -0.3 is 0 Å². The van der Waals surface area contributed by atoms with Crippen molar-refractivity contribution in [3.8, 4) is 0 Å². The van der Waals surface area contributed by atoms with Crippen molar-refractivity contribution in [2.75, 3.05) is 0 Å². The van der Waals surface area contributed by atoms with E-state index in [4.69, 9.17) is 0 Å². The van der Waals surface area contributed by atoms with E-state index in [-0.39, 0.29) is 0 Å². The molecule has 0 aliphatic carbocycles. The lowest BCUT2D eigenvalue weighted by Gasteiger charge is -1.98. The van der Waals surface area contributed by atoms with Crippen molar-refractivity contribution in [3.05, 3.63) is 47.6 Å². The van der Waals surface area contributed by atoms with Gasteiger partial charge in [0, 0.05) is 0 Å². The first-order valence-electron chi connectivity index (χ1n) is 5.65. The van der Waals surface area contributed by atoms with Crippen LogP contribution in [0.15, 0.2) is 47.6 Å². The first kappa shape index (κ1) is 14.0. The van der Waals surface area contributed by atoms with Crippen LogP contribution in [0, 0.1) is 0 Å². The molecule has 0 aromatic rings. The predicted octanol–water partition coefficient (Wildman–Crippen LogP) is 5.20. The first-order chi connectivity index (χ1) is 7.06. The molecule has 0 saturated heterocycles. The molecule has 0 bridgehead atoms. The van der Waals surface area contributed by atoms with E-state index >= 15 is 0 Å². The number of rotatable bonds is 6. The van der Waals surface area contributed by atoms with Gasteiger partial charge in [-0.1, -0.05) is 47.6 Å². The van der Waals surface area contributed by atoms with Gasteiger partial charge in [-0.3, -0.25) is 0 Å². The van der Waals surface area contributed by atoms with Gasteiger partial charge in [-0.05, 0) is 47.0 Å². The Bertz CT molecular complexity index is 274. The van der Waals surface area contributed by atoms with Crippen molar-refractivity contribution in [1.82, 2.24) is 0 Å². The molecule has 0 aliphatic heterocycles. The maximum atomic E-state index is 3.83. The molecule has 0 unspecified atom stereocenters. The molecule has 0 amide bonds. The average molecular weight is 204 g/mol. The van der Waals surface area contributed by atoms with Crippen molar-refractivity contribution in [2.24, 2.45) is 0 Å². The molecule has 0 aromatic heterocycles. The lowest BCUT2D eigenvalue weighted by Crippen LogP contribution is -1.78. The van der Waals surface area contributed by atoms with Crippen LogP contribution in [0.3, 0.4) is 0 Å². The Morgan fingerprint density at radius 3 is 2.33 bits per heavy atom. The van der Waals surface area contributed by atoms with Gasteiger partial charge in [-0.2, -0.15) is 0 Å². The normalized spacial score (nSPS) is 13.6. The Labute approximate surface area is 95.1 Å². The van der Waals surface area contributed by atoms with Crippen LogP contribution in [0.25, 0.3) is 0 Å². The van der Waals surface area contributed by atoms with Gasteiger partial charge >= 0.3 is 0 Å². The summed E-state index contributed by atoms with van der Waals surface area (Å²) in [6, 6.07) is 0. The standard InChI is InChI=1S/C15H24/c1-6-14(4)10-8-12-15(5)11-7-9-13(2)3/h6-7,9,12H,2,8,10-11H2,1,3-5H3/b9-7+,14-6+,15-12+. The smallest absolute Gasteiger partial charge is 0.0138 e. The second-order valence-electron chi connectivity index (χ2n) is 4.18. The minimum absolute atomic E-state index is 1.04. The zero-order valence-corrected chi connectivity index (χ0v) is 10.6. The minimum Gasteiger partial charge on any atom is -0.0961 e. The predicted molar refractivity (Wildman–Crippen MR) is 71.0 cm³/mol. The van der Waals surface area contributed by atoms with Crippen LogP contribution >= 0.6 is 0 Å². The van der Waals surface area contributed by atoms with Crippen LogP contribution in [-0.4, -0.2) is 0 Å². The molecule has 0 aromatic carbocycles. The highest BCUT2D eigenvalue weighted by atomic mass is 13.9. The van der Waals surface area contributed by atoms with Crippen molar-refractivity contribution < 1.29 is 0 Å². The highest BCUT2D eigenvalue weighted by molar-refractivity contribution is 5.14. The van der Waals surface area contributed by atoms with E-state index < -0.39 is 0 Å². The quantitative estimate of drug-likeness (QED) is 0.412. The van der Waals surface area contributed by atoms with Crippen LogP contribution in [0.2, 0.25) is 0 Å². The fraction of sp³-hybridized carbons (Fsp3) is 0.467. The summed E-state index contributed by atoms with van der Waals surface area (Å²) in [5.74, 6) is 0. The third-order valence-corrected chi connectivity index (χ3v) is 2.37. The van der Waals surface area contributed by atoms with E-state index in [1.165, 1.54) is 17.6 Å². The van der Waals surface area contributed by atoms with Crippen LogP contribution < -0.4 is 0 Å². The molecule has 0 aliphatic rings. The lowest BCUT2D eigenvalue weighted by molar-refractivity contribution is 0.957. The van der Waals surface area contributed by atoms with Crippen LogP contribution in [0.4, 0.5) is 0 Å². The third kappa shape index (κ3) is 9.27. The summed E-state index contributed by atoms with van der Waals surface area (Å²) in [5.41, 5.74) is 4.03. The summed E-state index contributed by atoms with van der Waals surface area (Å²) >= 11 is 0. The highest BCUT2D eigenvalue weighted by Crippen LogP contribution is 2.09. The summed E-state index contributed by atoms with van der Waals surface area (Å²) in [4.78, 5) is 0. The molecule has 0 rings (SSSR count). The summed E-state index contributed by atoms with van der Waals surface area (Å²) in [5, 5.41) is 0. The number of hydrogen-bond donors (Lipinski definition) is 0. The van der Waals surface area contributed by atoms with Gasteiger partial charge in [0.15, 0.2) is 0 Å². The molecule has 0 fully saturated rings. The minimum atomic E-state index is 1.04. The fourth-order valence-electron chi connectivity index (χ4n) is 1.22. The lowest BCUT2D eigenvalue weighted by atomic mass is 10.1. The van der Waals surface area contributed by atoms with E-state index in [9.17, 15) is 0 Å². The van der Waals surface area contributed by atoms with Gasteiger partial charge in [0.05, 0.1) is 0 Å². The van der Waals surface area contributed by atoms with E-state index in [1.807, 2.05) is 6.92 Å². The Hall–Kier alpha value is -1.04. The Morgan fingerprint density at radius 2 is 1.80 bits per heavy atom. The Balaban J connectivity index is 3.84. The second kappa shape index (κ2) is 8.28. The third-order valence-electron chi connectivity index (χ3n) is 2.37. The van der Waals surface area contributed by atoms with Crippen LogP contribution in [0.1, 0.15) is 47.0 Å². The molecule has 0 heterocycles. The summed E-state index contributed by atoms with van der Waals surface area (Å²) in [6.07, 6.45) is 12.1. The molecule has 84 valence electrons. The van der Waals surface area contributed by atoms with Crippen molar-refractivity contribution in [2.45, 2.75) is 47.0 Å². The van der Waals surface area contributed by atoms with Crippen molar-refractivity contribution in [3.63, 3.8) is 0 Å². The van der Waals surface area contributed by atoms with E-state index in [1.54, 1.807) is 0 Å².